The van der Waals surface area contributed by atoms with Gasteiger partial charge in [-0.25, -0.2) is 0 Å². The molecule has 0 aliphatic rings. The number of rotatable bonds is 9. The predicted octanol–water partition coefficient (Wildman–Crippen LogP) is 6.11. The zero-order valence-electron chi connectivity index (χ0n) is 14.8. The van der Waals surface area contributed by atoms with Crippen LogP contribution < -0.4 is 10.1 Å². The maximum absolute atomic E-state index is 12.4. The smallest absolute Gasteiger partial charge is 0.271 e. The lowest BCUT2D eigenvalue weighted by Gasteiger charge is -2.12. The summed E-state index contributed by atoms with van der Waals surface area (Å²) >= 11 is 12.4. The first-order valence-electron chi connectivity index (χ1n) is 8.60. The van der Waals surface area contributed by atoms with E-state index in [0.29, 0.717) is 18.0 Å². The number of carbonyl (C=O) groups excluding carboxylic acids is 1. The molecule has 2 aromatic rings. The zero-order valence-corrected chi connectivity index (χ0v) is 16.3. The van der Waals surface area contributed by atoms with Gasteiger partial charge in [0.1, 0.15) is 0 Å². The lowest BCUT2D eigenvalue weighted by molar-refractivity contribution is -0.384. The van der Waals surface area contributed by atoms with Crippen molar-refractivity contribution in [1.82, 2.24) is 0 Å². The Morgan fingerprint density at radius 2 is 1.85 bits per heavy atom. The van der Waals surface area contributed by atoms with Crippen LogP contribution in [0.1, 0.15) is 43.0 Å². The van der Waals surface area contributed by atoms with Crippen molar-refractivity contribution in [3.05, 3.63) is 62.1 Å². The summed E-state index contributed by atoms with van der Waals surface area (Å²) in [6.07, 6.45) is 4.24. The number of nitrogens with zero attached hydrogens (tertiary/aromatic N) is 1. The summed E-state index contributed by atoms with van der Waals surface area (Å²) in [4.78, 5) is 22.7. The van der Waals surface area contributed by atoms with E-state index in [-0.39, 0.29) is 21.3 Å². The zero-order chi connectivity index (χ0) is 19.8. The van der Waals surface area contributed by atoms with E-state index in [0.717, 1.165) is 25.7 Å². The van der Waals surface area contributed by atoms with E-state index in [1.165, 1.54) is 30.3 Å². The summed E-state index contributed by atoms with van der Waals surface area (Å²) in [7, 11) is 0. The molecule has 1 N–H and O–H groups in total. The van der Waals surface area contributed by atoms with Gasteiger partial charge in [0.15, 0.2) is 5.75 Å². The highest BCUT2D eigenvalue weighted by Gasteiger charge is 2.15. The second kappa shape index (κ2) is 10.1. The van der Waals surface area contributed by atoms with Crippen LogP contribution >= 0.6 is 23.2 Å². The highest BCUT2D eigenvalue weighted by molar-refractivity contribution is 6.37. The second-order valence-electron chi connectivity index (χ2n) is 5.94. The van der Waals surface area contributed by atoms with E-state index < -0.39 is 10.8 Å². The van der Waals surface area contributed by atoms with E-state index in [1.54, 1.807) is 6.07 Å². The van der Waals surface area contributed by atoms with Gasteiger partial charge in [0.2, 0.25) is 0 Å². The molecule has 0 saturated heterocycles. The minimum absolute atomic E-state index is 0.115. The van der Waals surface area contributed by atoms with Crippen LogP contribution in [-0.4, -0.2) is 17.4 Å². The molecule has 0 fully saturated rings. The number of halogens is 2. The van der Waals surface area contributed by atoms with Crippen molar-refractivity contribution in [3.63, 3.8) is 0 Å². The molecule has 0 atom stereocenters. The van der Waals surface area contributed by atoms with E-state index in [4.69, 9.17) is 27.9 Å². The number of unbranched alkanes of at least 4 members (excludes halogenated alkanes) is 3. The summed E-state index contributed by atoms with van der Waals surface area (Å²) in [5.41, 5.74) is 0.420. The van der Waals surface area contributed by atoms with E-state index in [1.807, 2.05) is 0 Å². The third-order valence-corrected chi connectivity index (χ3v) is 4.38. The number of non-ortho nitro benzene ring substituents is 1. The number of amides is 1. The first-order valence-corrected chi connectivity index (χ1v) is 9.35. The average molecular weight is 411 g/mol. The molecule has 2 aromatic carbocycles. The fourth-order valence-corrected chi connectivity index (χ4v) is 3.03. The Balaban J connectivity index is 2.07. The normalized spacial score (nSPS) is 10.5. The molecule has 27 heavy (non-hydrogen) atoms. The Kier molecular flexibility index (Phi) is 7.88. The maximum Gasteiger partial charge on any atom is 0.271 e. The average Bonchev–Trinajstić information content (AvgIpc) is 2.63. The van der Waals surface area contributed by atoms with Crippen molar-refractivity contribution in [2.75, 3.05) is 11.9 Å². The van der Waals surface area contributed by atoms with Crippen molar-refractivity contribution in [1.29, 1.82) is 0 Å². The third kappa shape index (κ3) is 6.12. The van der Waals surface area contributed by atoms with Crippen molar-refractivity contribution in [3.8, 4) is 5.75 Å². The van der Waals surface area contributed by atoms with Crippen LogP contribution in [0.25, 0.3) is 0 Å². The van der Waals surface area contributed by atoms with Crippen LogP contribution in [0, 0.1) is 10.1 Å². The molecule has 0 aliphatic heterocycles. The molecular formula is C19H20Cl2N2O4. The highest BCUT2D eigenvalue weighted by Crippen LogP contribution is 2.34. The summed E-state index contributed by atoms with van der Waals surface area (Å²) in [6, 6.07) is 8.58. The fourth-order valence-electron chi connectivity index (χ4n) is 2.43. The molecule has 8 heteroatoms. The second-order valence-corrected chi connectivity index (χ2v) is 6.75. The molecule has 2 rings (SSSR count). The summed E-state index contributed by atoms with van der Waals surface area (Å²) in [5, 5.41) is 13.9. The number of hydrogen-bond donors (Lipinski definition) is 1. The quantitative estimate of drug-likeness (QED) is 0.307. The molecule has 0 spiro atoms. The number of benzene rings is 2. The maximum atomic E-state index is 12.4. The number of nitro benzene ring substituents is 1. The fraction of sp³-hybridized carbons (Fsp3) is 0.316. The van der Waals surface area contributed by atoms with Gasteiger partial charge in [0.05, 0.1) is 21.6 Å². The van der Waals surface area contributed by atoms with Crippen molar-refractivity contribution in [2.45, 2.75) is 32.6 Å². The van der Waals surface area contributed by atoms with Gasteiger partial charge >= 0.3 is 0 Å². The Bertz CT molecular complexity index is 804. The molecule has 0 aliphatic carbocycles. The number of nitro groups is 1. The first-order chi connectivity index (χ1) is 12.9. The van der Waals surface area contributed by atoms with Crippen molar-refractivity contribution >= 4 is 40.5 Å². The van der Waals surface area contributed by atoms with Gasteiger partial charge in [0, 0.05) is 23.4 Å². The number of carbonyl (C=O) groups is 1. The molecular weight excluding hydrogens is 391 g/mol. The summed E-state index contributed by atoms with van der Waals surface area (Å²) in [5.74, 6) is -0.129. The summed E-state index contributed by atoms with van der Waals surface area (Å²) < 4.78 is 5.64. The SMILES string of the molecule is CCCCCCOc1c(Cl)cc(C(=O)Nc2cccc([N+](=O)[O-])c2)cc1Cl. The van der Waals surface area contributed by atoms with Gasteiger partial charge in [0.25, 0.3) is 11.6 Å². The summed E-state index contributed by atoms with van der Waals surface area (Å²) in [6.45, 7) is 2.63. The number of anilines is 1. The minimum atomic E-state index is -0.532. The molecule has 1 amide bonds. The molecule has 0 radical (unpaired) electrons. The van der Waals surface area contributed by atoms with Gasteiger partial charge in [-0.1, -0.05) is 55.5 Å². The van der Waals surface area contributed by atoms with Crippen LogP contribution in [-0.2, 0) is 0 Å². The number of nitrogens with one attached hydrogen (secondary N) is 1. The van der Waals surface area contributed by atoms with Gasteiger partial charge in [-0.3, -0.25) is 14.9 Å². The molecule has 0 heterocycles. The van der Waals surface area contributed by atoms with Gasteiger partial charge in [-0.15, -0.1) is 0 Å². The van der Waals surface area contributed by atoms with Crippen molar-refractivity contribution in [2.24, 2.45) is 0 Å². The molecule has 0 saturated carbocycles. The highest BCUT2D eigenvalue weighted by atomic mass is 35.5. The molecule has 0 unspecified atom stereocenters. The first kappa shape index (κ1) is 21.0. The van der Waals surface area contributed by atoms with Gasteiger partial charge < -0.3 is 10.1 Å². The monoisotopic (exact) mass is 410 g/mol. The number of ether oxygens (including phenoxy) is 1. The Hall–Kier alpha value is -2.31. The molecule has 6 nitrogen and oxygen atoms in total. The third-order valence-electron chi connectivity index (χ3n) is 3.82. The topological polar surface area (TPSA) is 81.5 Å². The van der Waals surface area contributed by atoms with Crippen LogP contribution in [0.4, 0.5) is 11.4 Å². The lowest BCUT2D eigenvalue weighted by atomic mass is 10.2. The Labute approximate surface area is 167 Å². The van der Waals surface area contributed by atoms with Gasteiger partial charge in [-0.2, -0.15) is 0 Å². The lowest BCUT2D eigenvalue weighted by Crippen LogP contribution is -2.12. The molecule has 0 bridgehead atoms. The number of hydrogen-bond acceptors (Lipinski definition) is 4. The Morgan fingerprint density at radius 1 is 1.15 bits per heavy atom. The van der Waals surface area contributed by atoms with Crippen LogP contribution in [0.3, 0.4) is 0 Å². The van der Waals surface area contributed by atoms with Crippen LogP contribution in [0.15, 0.2) is 36.4 Å². The van der Waals surface area contributed by atoms with E-state index in [2.05, 4.69) is 12.2 Å². The molecule has 144 valence electrons. The molecule has 0 aromatic heterocycles. The van der Waals surface area contributed by atoms with Gasteiger partial charge in [-0.05, 0) is 24.6 Å². The predicted molar refractivity (Wildman–Crippen MR) is 107 cm³/mol. The minimum Gasteiger partial charge on any atom is -0.490 e. The standard InChI is InChI=1S/C19H20Cl2N2O4/c1-2-3-4-5-9-27-18-16(20)10-13(11-17(18)21)19(24)22-14-7-6-8-15(12-14)23(25)26/h6-8,10-12H,2-5,9H2,1H3,(H,22,24). The largest absolute Gasteiger partial charge is 0.490 e. The Morgan fingerprint density at radius 3 is 2.48 bits per heavy atom. The van der Waals surface area contributed by atoms with E-state index >= 15 is 0 Å². The van der Waals surface area contributed by atoms with Crippen LogP contribution in [0.2, 0.25) is 10.0 Å². The van der Waals surface area contributed by atoms with E-state index in [9.17, 15) is 14.9 Å². The van der Waals surface area contributed by atoms with Crippen molar-refractivity contribution < 1.29 is 14.5 Å². The van der Waals surface area contributed by atoms with Crippen LogP contribution in [0.5, 0.6) is 5.75 Å².